The number of amides is 1. The normalized spacial score (nSPS) is 14.3. The predicted molar refractivity (Wildman–Crippen MR) is 65.9 cm³/mol. The summed E-state index contributed by atoms with van der Waals surface area (Å²) in [7, 11) is -3.37. The zero-order valence-corrected chi connectivity index (χ0v) is 11.2. The third-order valence-corrected chi connectivity index (χ3v) is 4.11. The van der Waals surface area contributed by atoms with E-state index in [0.29, 0.717) is 12.5 Å². The van der Waals surface area contributed by atoms with Crippen LogP contribution in [-0.2, 0) is 14.6 Å². The molecule has 5 heteroatoms. The molecule has 0 fully saturated rings. The van der Waals surface area contributed by atoms with Crippen LogP contribution < -0.4 is 5.32 Å². The predicted octanol–water partition coefficient (Wildman–Crippen LogP) is 1.14. The van der Waals surface area contributed by atoms with Crippen molar-refractivity contribution in [1.29, 1.82) is 0 Å². The summed E-state index contributed by atoms with van der Waals surface area (Å²) in [6, 6.07) is 0. The Morgan fingerprint density at radius 3 is 2.31 bits per heavy atom. The van der Waals surface area contributed by atoms with E-state index in [1.807, 2.05) is 13.8 Å². The van der Waals surface area contributed by atoms with Crippen LogP contribution in [0.4, 0.5) is 0 Å². The standard InChI is InChI=1S/C11H21NO3S/c1-5-6-7-16(14,15)10(4)11(13)12-8-9(2)3/h5-6,9-10H,7-8H2,1-4H3,(H,12,13)/b6-5+. The van der Waals surface area contributed by atoms with Gasteiger partial charge in [0, 0.05) is 6.54 Å². The lowest BCUT2D eigenvalue weighted by Gasteiger charge is -2.13. The first-order chi connectivity index (χ1) is 7.31. The fraction of sp³-hybridized carbons (Fsp3) is 0.727. The van der Waals surface area contributed by atoms with E-state index in [-0.39, 0.29) is 5.75 Å². The van der Waals surface area contributed by atoms with Gasteiger partial charge in [0.05, 0.1) is 5.75 Å². The third-order valence-electron chi connectivity index (χ3n) is 2.16. The van der Waals surface area contributed by atoms with Gasteiger partial charge in [-0.1, -0.05) is 26.0 Å². The molecule has 0 aliphatic rings. The first kappa shape index (κ1) is 15.2. The fourth-order valence-electron chi connectivity index (χ4n) is 0.986. The Morgan fingerprint density at radius 1 is 1.31 bits per heavy atom. The van der Waals surface area contributed by atoms with Crippen molar-refractivity contribution < 1.29 is 13.2 Å². The maximum absolute atomic E-state index is 11.7. The molecule has 0 radical (unpaired) electrons. The zero-order valence-electron chi connectivity index (χ0n) is 10.4. The molecule has 0 aliphatic carbocycles. The lowest BCUT2D eigenvalue weighted by Crippen LogP contribution is -2.40. The van der Waals surface area contributed by atoms with Crippen molar-refractivity contribution in [2.45, 2.75) is 32.9 Å². The van der Waals surface area contributed by atoms with Crippen LogP contribution in [0.5, 0.6) is 0 Å². The molecule has 0 aromatic carbocycles. The van der Waals surface area contributed by atoms with Crippen molar-refractivity contribution >= 4 is 15.7 Å². The van der Waals surface area contributed by atoms with Gasteiger partial charge in [0.25, 0.3) is 0 Å². The minimum Gasteiger partial charge on any atom is -0.355 e. The van der Waals surface area contributed by atoms with Gasteiger partial charge in [0.2, 0.25) is 5.91 Å². The summed E-state index contributed by atoms with van der Waals surface area (Å²) in [6.07, 6.45) is 3.21. The van der Waals surface area contributed by atoms with Crippen molar-refractivity contribution in [2.75, 3.05) is 12.3 Å². The van der Waals surface area contributed by atoms with Gasteiger partial charge in [0.1, 0.15) is 5.25 Å². The maximum atomic E-state index is 11.7. The van der Waals surface area contributed by atoms with Crippen molar-refractivity contribution in [3.05, 3.63) is 12.2 Å². The van der Waals surface area contributed by atoms with E-state index in [2.05, 4.69) is 5.32 Å². The second kappa shape index (κ2) is 6.68. The minimum atomic E-state index is -3.37. The van der Waals surface area contributed by atoms with Crippen molar-refractivity contribution in [3.63, 3.8) is 0 Å². The Labute approximate surface area is 98.0 Å². The topological polar surface area (TPSA) is 63.2 Å². The Balaban J connectivity index is 4.42. The molecule has 0 aromatic heterocycles. The maximum Gasteiger partial charge on any atom is 0.238 e. The minimum absolute atomic E-state index is 0.0836. The molecule has 16 heavy (non-hydrogen) atoms. The van der Waals surface area contributed by atoms with Crippen LogP contribution in [0.3, 0.4) is 0 Å². The molecule has 0 bridgehead atoms. The Hall–Kier alpha value is -0.840. The van der Waals surface area contributed by atoms with Crippen LogP contribution >= 0.6 is 0 Å². The van der Waals surface area contributed by atoms with Crippen LogP contribution in [0.1, 0.15) is 27.7 Å². The average molecular weight is 247 g/mol. The van der Waals surface area contributed by atoms with Crippen LogP contribution in [0.15, 0.2) is 12.2 Å². The molecule has 0 spiro atoms. The van der Waals surface area contributed by atoms with Gasteiger partial charge in [-0.15, -0.1) is 0 Å². The number of rotatable bonds is 6. The van der Waals surface area contributed by atoms with E-state index in [1.54, 1.807) is 19.1 Å². The monoisotopic (exact) mass is 247 g/mol. The van der Waals surface area contributed by atoms with Gasteiger partial charge in [-0.05, 0) is 19.8 Å². The number of carbonyl (C=O) groups is 1. The molecular weight excluding hydrogens is 226 g/mol. The van der Waals surface area contributed by atoms with Gasteiger partial charge in [0.15, 0.2) is 9.84 Å². The Kier molecular flexibility index (Phi) is 6.33. The van der Waals surface area contributed by atoms with Crippen LogP contribution in [0, 0.1) is 5.92 Å². The largest absolute Gasteiger partial charge is 0.355 e. The molecule has 0 saturated heterocycles. The van der Waals surface area contributed by atoms with E-state index < -0.39 is 21.0 Å². The molecule has 0 aliphatic heterocycles. The van der Waals surface area contributed by atoms with E-state index in [9.17, 15) is 13.2 Å². The van der Waals surface area contributed by atoms with Gasteiger partial charge >= 0.3 is 0 Å². The fourth-order valence-corrected chi connectivity index (χ4v) is 2.15. The second-order valence-corrected chi connectivity index (χ2v) is 6.55. The van der Waals surface area contributed by atoms with Gasteiger partial charge in [-0.25, -0.2) is 8.42 Å². The van der Waals surface area contributed by atoms with E-state index in [0.717, 1.165) is 0 Å². The molecule has 4 nitrogen and oxygen atoms in total. The highest BCUT2D eigenvalue weighted by Crippen LogP contribution is 2.03. The Bertz CT molecular complexity index is 344. The van der Waals surface area contributed by atoms with E-state index >= 15 is 0 Å². The lowest BCUT2D eigenvalue weighted by molar-refractivity contribution is -0.120. The van der Waals surface area contributed by atoms with Crippen LogP contribution in [0.2, 0.25) is 0 Å². The quantitative estimate of drug-likeness (QED) is 0.716. The number of carbonyl (C=O) groups excluding carboxylic acids is 1. The Morgan fingerprint density at radius 2 is 1.88 bits per heavy atom. The van der Waals surface area contributed by atoms with Gasteiger partial charge < -0.3 is 5.32 Å². The average Bonchev–Trinajstić information content (AvgIpc) is 2.21. The lowest BCUT2D eigenvalue weighted by atomic mass is 10.2. The molecule has 0 rings (SSSR count). The van der Waals surface area contributed by atoms with Crippen LogP contribution in [-0.4, -0.2) is 31.9 Å². The van der Waals surface area contributed by atoms with E-state index in [4.69, 9.17) is 0 Å². The molecule has 1 amide bonds. The molecular formula is C11H21NO3S. The van der Waals surface area contributed by atoms with E-state index in [1.165, 1.54) is 6.92 Å². The third kappa shape index (κ3) is 5.30. The zero-order chi connectivity index (χ0) is 12.8. The molecule has 1 unspecified atom stereocenters. The van der Waals surface area contributed by atoms with Crippen molar-refractivity contribution in [2.24, 2.45) is 5.92 Å². The van der Waals surface area contributed by atoms with Crippen molar-refractivity contribution in [3.8, 4) is 0 Å². The highest BCUT2D eigenvalue weighted by molar-refractivity contribution is 7.92. The number of nitrogens with one attached hydrogen (secondary N) is 1. The SMILES string of the molecule is C/C=C/CS(=O)(=O)C(C)C(=O)NCC(C)C. The first-order valence-electron chi connectivity index (χ1n) is 5.41. The molecule has 0 saturated carbocycles. The summed E-state index contributed by atoms with van der Waals surface area (Å²) in [6.45, 7) is 7.59. The summed E-state index contributed by atoms with van der Waals surface area (Å²) < 4.78 is 23.3. The molecule has 1 N–H and O–H groups in total. The summed E-state index contributed by atoms with van der Waals surface area (Å²) in [4.78, 5) is 11.5. The number of allylic oxidation sites excluding steroid dienone is 1. The number of sulfone groups is 1. The number of hydrogen-bond acceptors (Lipinski definition) is 3. The van der Waals surface area contributed by atoms with Crippen LogP contribution in [0.25, 0.3) is 0 Å². The summed E-state index contributed by atoms with van der Waals surface area (Å²) in [5.41, 5.74) is 0. The van der Waals surface area contributed by atoms with Gasteiger partial charge in [-0.3, -0.25) is 4.79 Å². The summed E-state index contributed by atoms with van der Waals surface area (Å²) in [5.74, 6) is -0.188. The number of hydrogen-bond donors (Lipinski definition) is 1. The summed E-state index contributed by atoms with van der Waals surface area (Å²) >= 11 is 0. The molecule has 0 aromatic rings. The van der Waals surface area contributed by atoms with Gasteiger partial charge in [-0.2, -0.15) is 0 Å². The smallest absolute Gasteiger partial charge is 0.238 e. The van der Waals surface area contributed by atoms with Crippen molar-refractivity contribution in [1.82, 2.24) is 5.32 Å². The summed E-state index contributed by atoms with van der Waals surface area (Å²) in [5, 5.41) is 1.64. The molecule has 1 atom stereocenters. The molecule has 94 valence electrons. The highest BCUT2D eigenvalue weighted by Gasteiger charge is 2.26. The first-order valence-corrected chi connectivity index (χ1v) is 7.13. The molecule has 0 heterocycles. The highest BCUT2D eigenvalue weighted by atomic mass is 32.2. The second-order valence-electron chi connectivity index (χ2n) is 4.18.